The van der Waals surface area contributed by atoms with Gasteiger partial charge < -0.3 is 9.84 Å². The predicted molar refractivity (Wildman–Crippen MR) is 91.1 cm³/mol. The minimum absolute atomic E-state index is 0.121. The predicted octanol–water partition coefficient (Wildman–Crippen LogP) is 3.12. The number of aliphatic carboxylic acids is 1. The van der Waals surface area contributed by atoms with Crippen LogP contribution in [0.25, 0.3) is 0 Å². The van der Waals surface area contributed by atoms with Crippen molar-refractivity contribution in [2.45, 2.75) is 31.3 Å². The summed E-state index contributed by atoms with van der Waals surface area (Å²) >= 11 is 0. The minimum atomic E-state index is -0.753. The molecule has 1 aliphatic heterocycles. The first-order valence-electron chi connectivity index (χ1n) is 8.23. The highest BCUT2D eigenvalue weighted by Crippen LogP contribution is 2.35. The van der Waals surface area contributed by atoms with Crippen LogP contribution >= 0.6 is 0 Å². The molecule has 0 spiro atoms. The molecule has 1 aliphatic rings. The number of aromatic nitrogens is 1. The Bertz CT molecular complexity index is 690. The van der Waals surface area contributed by atoms with E-state index in [9.17, 15) is 9.90 Å². The summed E-state index contributed by atoms with van der Waals surface area (Å²) in [5.41, 5.74) is 2.08. The first-order valence-corrected chi connectivity index (χ1v) is 8.23. The molecule has 1 N–H and O–H groups in total. The topological polar surface area (TPSA) is 62.7 Å². The summed E-state index contributed by atoms with van der Waals surface area (Å²) in [4.78, 5) is 18.0. The van der Waals surface area contributed by atoms with E-state index in [-0.39, 0.29) is 6.04 Å². The van der Waals surface area contributed by atoms with E-state index < -0.39 is 12.0 Å². The minimum Gasteiger partial charge on any atom is -0.497 e. The van der Waals surface area contributed by atoms with Crippen LogP contribution in [0.5, 0.6) is 5.75 Å². The highest BCUT2D eigenvalue weighted by molar-refractivity contribution is 5.73. The SMILES string of the molecule is COc1cccc(C(c2ccncc2)N2CCCCC2C(=O)O)c1. The Morgan fingerprint density at radius 3 is 2.75 bits per heavy atom. The van der Waals surface area contributed by atoms with Crippen molar-refractivity contribution in [1.82, 2.24) is 9.88 Å². The lowest BCUT2D eigenvalue weighted by Crippen LogP contribution is -2.46. The fraction of sp³-hybridized carbons (Fsp3) is 0.368. The number of hydrogen-bond acceptors (Lipinski definition) is 4. The third kappa shape index (κ3) is 3.41. The summed E-state index contributed by atoms with van der Waals surface area (Å²) in [6, 6.07) is 11.2. The molecule has 2 atom stereocenters. The molecule has 1 aromatic heterocycles. The van der Waals surface area contributed by atoms with Crippen molar-refractivity contribution < 1.29 is 14.6 Å². The van der Waals surface area contributed by atoms with Crippen molar-refractivity contribution in [3.05, 3.63) is 59.9 Å². The monoisotopic (exact) mass is 326 g/mol. The number of pyridine rings is 1. The van der Waals surface area contributed by atoms with Crippen LogP contribution in [0.3, 0.4) is 0 Å². The van der Waals surface area contributed by atoms with Gasteiger partial charge in [-0.2, -0.15) is 0 Å². The smallest absolute Gasteiger partial charge is 0.320 e. The molecule has 5 nitrogen and oxygen atoms in total. The van der Waals surface area contributed by atoms with Gasteiger partial charge in [0.2, 0.25) is 0 Å². The fourth-order valence-corrected chi connectivity index (χ4v) is 3.46. The molecule has 0 aliphatic carbocycles. The number of ether oxygens (including phenoxy) is 1. The zero-order chi connectivity index (χ0) is 16.9. The summed E-state index contributed by atoms with van der Waals surface area (Å²) in [6.07, 6.45) is 6.15. The fourth-order valence-electron chi connectivity index (χ4n) is 3.46. The standard InChI is InChI=1S/C19H22N2O3/c1-24-16-6-4-5-15(13-16)18(14-8-10-20-11-9-14)21-12-3-2-7-17(21)19(22)23/h4-6,8-11,13,17-18H,2-3,7,12H2,1H3,(H,22,23). The van der Waals surface area contributed by atoms with Crippen molar-refractivity contribution in [2.24, 2.45) is 0 Å². The maximum absolute atomic E-state index is 11.8. The molecular weight excluding hydrogens is 304 g/mol. The molecule has 0 bridgehead atoms. The summed E-state index contributed by atoms with van der Waals surface area (Å²) < 4.78 is 5.36. The molecule has 3 rings (SSSR count). The molecule has 2 unspecified atom stereocenters. The van der Waals surface area contributed by atoms with Gasteiger partial charge in [-0.1, -0.05) is 18.6 Å². The molecular formula is C19H22N2O3. The van der Waals surface area contributed by atoms with E-state index in [1.165, 1.54) is 0 Å². The lowest BCUT2D eigenvalue weighted by atomic mass is 9.92. The number of carbonyl (C=O) groups is 1. The average Bonchev–Trinajstić information content (AvgIpc) is 2.63. The van der Waals surface area contributed by atoms with Gasteiger partial charge in [-0.15, -0.1) is 0 Å². The van der Waals surface area contributed by atoms with Crippen molar-refractivity contribution in [3.8, 4) is 5.75 Å². The Morgan fingerprint density at radius 1 is 1.25 bits per heavy atom. The van der Waals surface area contributed by atoms with Gasteiger partial charge in [0.15, 0.2) is 0 Å². The molecule has 0 saturated carbocycles. The van der Waals surface area contributed by atoms with Crippen LogP contribution in [-0.2, 0) is 4.79 Å². The lowest BCUT2D eigenvalue weighted by molar-refractivity contribution is -0.145. The number of methoxy groups -OCH3 is 1. The number of benzene rings is 1. The number of likely N-dealkylation sites (tertiary alicyclic amines) is 1. The second-order valence-electron chi connectivity index (χ2n) is 6.05. The number of piperidine rings is 1. The van der Waals surface area contributed by atoms with Crippen LogP contribution in [0.2, 0.25) is 0 Å². The summed E-state index contributed by atoms with van der Waals surface area (Å²) in [7, 11) is 1.64. The van der Waals surface area contributed by atoms with E-state index in [4.69, 9.17) is 4.74 Å². The molecule has 1 aromatic carbocycles. The van der Waals surface area contributed by atoms with Gasteiger partial charge in [-0.25, -0.2) is 0 Å². The van der Waals surface area contributed by atoms with Gasteiger partial charge in [0, 0.05) is 12.4 Å². The molecule has 0 radical (unpaired) electrons. The van der Waals surface area contributed by atoms with Gasteiger partial charge in [-0.3, -0.25) is 14.7 Å². The van der Waals surface area contributed by atoms with Crippen LogP contribution in [-0.4, -0.2) is 40.7 Å². The van der Waals surface area contributed by atoms with Crippen molar-refractivity contribution in [1.29, 1.82) is 0 Å². The summed E-state index contributed by atoms with van der Waals surface area (Å²) in [5.74, 6) is 0.0205. The van der Waals surface area contributed by atoms with E-state index >= 15 is 0 Å². The molecule has 0 amide bonds. The number of rotatable bonds is 5. The Kier molecular flexibility index (Phi) is 5.11. The van der Waals surface area contributed by atoms with Crippen LogP contribution in [0.15, 0.2) is 48.8 Å². The van der Waals surface area contributed by atoms with Gasteiger partial charge in [0.05, 0.1) is 13.2 Å². The maximum atomic E-state index is 11.8. The van der Waals surface area contributed by atoms with Gasteiger partial charge in [-0.05, 0) is 54.8 Å². The van der Waals surface area contributed by atoms with Crippen LogP contribution in [0, 0.1) is 0 Å². The Morgan fingerprint density at radius 2 is 2.04 bits per heavy atom. The normalized spacial score (nSPS) is 19.6. The molecule has 1 fully saturated rings. The van der Waals surface area contributed by atoms with Gasteiger partial charge in [0.1, 0.15) is 11.8 Å². The number of carboxylic acids is 1. The largest absolute Gasteiger partial charge is 0.497 e. The third-order valence-corrected chi connectivity index (χ3v) is 4.59. The van der Waals surface area contributed by atoms with Crippen LogP contribution in [0.1, 0.15) is 36.4 Å². The summed E-state index contributed by atoms with van der Waals surface area (Å²) in [6.45, 7) is 0.765. The van der Waals surface area contributed by atoms with Crippen LogP contribution in [0.4, 0.5) is 0 Å². The quantitative estimate of drug-likeness (QED) is 0.914. The first kappa shape index (κ1) is 16.5. The number of nitrogens with zero attached hydrogens (tertiary/aromatic N) is 2. The highest BCUT2D eigenvalue weighted by atomic mass is 16.5. The number of carboxylic acid groups (broad SMARTS) is 1. The Labute approximate surface area is 141 Å². The third-order valence-electron chi connectivity index (χ3n) is 4.59. The van der Waals surface area contributed by atoms with E-state index in [1.807, 2.05) is 36.4 Å². The second kappa shape index (κ2) is 7.45. The lowest BCUT2D eigenvalue weighted by Gasteiger charge is -2.39. The number of hydrogen-bond donors (Lipinski definition) is 1. The van der Waals surface area contributed by atoms with Crippen molar-refractivity contribution in [2.75, 3.05) is 13.7 Å². The zero-order valence-corrected chi connectivity index (χ0v) is 13.8. The second-order valence-corrected chi connectivity index (χ2v) is 6.05. The maximum Gasteiger partial charge on any atom is 0.320 e. The molecule has 126 valence electrons. The summed E-state index contributed by atoms with van der Waals surface area (Å²) in [5, 5.41) is 9.67. The molecule has 1 saturated heterocycles. The molecule has 5 heteroatoms. The molecule has 24 heavy (non-hydrogen) atoms. The van der Waals surface area contributed by atoms with Gasteiger partial charge in [0.25, 0.3) is 0 Å². The highest BCUT2D eigenvalue weighted by Gasteiger charge is 2.35. The molecule has 2 aromatic rings. The molecule has 2 heterocycles. The van der Waals surface area contributed by atoms with Gasteiger partial charge >= 0.3 is 5.97 Å². The van der Waals surface area contributed by atoms with E-state index in [0.717, 1.165) is 36.3 Å². The van der Waals surface area contributed by atoms with E-state index in [1.54, 1.807) is 19.5 Å². The first-order chi connectivity index (χ1) is 11.7. The zero-order valence-electron chi connectivity index (χ0n) is 13.8. The van der Waals surface area contributed by atoms with Crippen LogP contribution < -0.4 is 4.74 Å². The Hall–Kier alpha value is -2.40. The van der Waals surface area contributed by atoms with Crippen molar-refractivity contribution in [3.63, 3.8) is 0 Å². The van der Waals surface area contributed by atoms with E-state index in [2.05, 4.69) is 9.88 Å². The van der Waals surface area contributed by atoms with Crippen molar-refractivity contribution >= 4 is 5.97 Å². The van der Waals surface area contributed by atoms with E-state index in [0.29, 0.717) is 6.42 Å². The average molecular weight is 326 g/mol. The Balaban J connectivity index is 2.06.